The van der Waals surface area contributed by atoms with Gasteiger partial charge in [0.25, 0.3) is 0 Å². The fourth-order valence-corrected chi connectivity index (χ4v) is 1.95. The highest BCUT2D eigenvalue weighted by Gasteiger charge is 2.09. The van der Waals surface area contributed by atoms with Crippen molar-refractivity contribution in [2.24, 2.45) is 5.73 Å². The van der Waals surface area contributed by atoms with Crippen LogP contribution < -0.4 is 10.5 Å². The smallest absolute Gasteiger partial charge is 0.122 e. The number of ether oxygens (including phenoxy) is 1. The average Bonchev–Trinajstić information content (AvgIpc) is 2.42. The van der Waals surface area contributed by atoms with E-state index < -0.39 is 0 Å². The summed E-state index contributed by atoms with van der Waals surface area (Å²) in [6.07, 6.45) is 1.55. The average molecular weight is 243 g/mol. The molecule has 2 rings (SSSR count). The van der Waals surface area contributed by atoms with Gasteiger partial charge in [-0.2, -0.15) is 0 Å². The Morgan fingerprint density at radius 2 is 1.94 bits per heavy atom. The number of nitrogens with zero attached hydrogens (tertiary/aromatic N) is 2. The van der Waals surface area contributed by atoms with E-state index in [-0.39, 0.29) is 0 Å². The second-order valence-corrected chi connectivity index (χ2v) is 4.16. The van der Waals surface area contributed by atoms with Gasteiger partial charge in [0.05, 0.1) is 18.5 Å². The Morgan fingerprint density at radius 1 is 1.17 bits per heavy atom. The van der Waals surface area contributed by atoms with E-state index in [4.69, 9.17) is 10.5 Å². The van der Waals surface area contributed by atoms with E-state index >= 15 is 0 Å². The zero-order valence-electron chi connectivity index (χ0n) is 10.9. The van der Waals surface area contributed by atoms with Gasteiger partial charge in [-0.05, 0) is 43.2 Å². The monoisotopic (exact) mass is 243 g/mol. The zero-order chi connectivity index (χ0) is 13.1. The van der Waals surface area contributed by atoms with Crippen LogP contribution in [0.15, 0.2) is 24.5 Å². The van der Waals surface area contributed by atoms with Crippen molar-refractivity contribution in [2.75, 3.05) is 7.11 Å². The van der Waals surface area contributed by atoms with E-state index in [9.17, 15) is 0 Å². The summed E-state index contributed by atoms with van der Waals surface area (Å²) in [4.78, 5) is 8.42. The van der Waals surface area contributed by atoms with Crippen molar-refractivity contribution < 1.29 is 4.74 Å². The van der Waals surface area contributed by atoms with Crippen molar-refractivity contribution >= 4 is 0 Å². The Kier molecular flexibility index (Phi) is 3.58. The normalized spacial score (nSPS) is 10.4. The number of hydrogen-bond acceptors (Lipinski definition) is 4. The SMILES string of the molecule is COc1ccc(-c2cc(CN)ncn2)c(C)c1C. The molecule has 0 amide bonds. The number of hydrogen-bond donors (Lipinski definition) is 1. The first-order valence-electron chi connectivity index (χ1n) is 5.83. The summed E-state index contributed by atoms with van der Waals surface area (Å²) >= 11 is 0. The van der Waals surface area contributed by atoms with Crippen LogP contribution in [0.5, 0.6) is 5.75 Å². The van der Waals surface area contributed by atoms with Crippen LogP contribution in [-0.4, -0.2) is 17.1 Å². The molecule has 1 aromatic heterocycles. The summed E-state index contributed by atoms with van der Waals surface area (Å²) < 4.78 is 5.31. The number of methoxy groups -OCH3 is 1. The molecule has 0 unspecified atom stereocenters. The summed E-state index contributed by atoms with van der Waals surface area (Å²) in [5, 5.41) is 0. The molecule has 18 heavy (non-hydrogen) atoms. The van der Waals surface area contributed by atoms with Crippen LogP contribution in [-0.2, 0) is 6.54 Å². The maximum Gasteiger partial charge on any atom is 0.122 e. The number of aromatic nitrogens is 2. The van der Waals surface area contributed by atoms with Crippen LogP contribution in [0.4, 0.5) is 0 Å². The summed E-state index contributed by atoms with van der Waals surface area (Å²) in [5.74, 6) is 0.893. The summed E-state index contributed by atoms with van der Waals surface area (Å²) in [7, 11) is 1.68. The molecule has 1 heterocycles. The zero-order valence-corrected chi connectivity index (χ0v) is 10.9. The van der Waals surface area contributed by atoms with Gasteiger partial charge in [-0.1, -0.05) is 0 Å². The molecule has 4 nitrogen and oxygen atoms in total. The first-order valence-corrected chi connectivity index (χ1v) is 5.83. The Hall–Kier alpha value is -1.94. The van der Waals surface area contributed by atoms with Gasteiger partial charge >= 0.3 is 0 Å². The molecule has 0 aliphatic rings. The Balaban J connectivity index is 2.54. The van der Waals surface area contributed by atoms with Gasteiger partial charge in [0.15, 0.2) is 0 Å². The van der Waals surface area contributed by atoms with Crippen molar-refractivity contribution in [3.05, 3.63) is 41.3 Å². The summed E-state index contributed by atoms with van der Waals surface area (Å²) in [5.41, 5.74) is 10.7. The van der Waals surface area contributed by atoms with Gasteiger partial charge in [-0.25, -0.2) is 9.97 Å². The minimum absolute atomic E-state index is 0.420. The van der Waals surface area contributed by atoms with Crippen LogP contribution >= 0.6 is 0 Å². The highest BCUT2D eigenvalue weighted by atomic mass is 16.5. The van der Waals surface area contributed by atoms with Gasteiger partial charge in [-0.3, -0.25) is 0 Å². The maximum atomic E-state index is 5.60. The highest BCUT2D eigenvalue weighted by Crippen LogP contribution is 2.29. The summed E-state index contributed by atoms with van der Waals surface area (Å²) in [6, 6.07) is 5.90. The van der Waals surface area contributed by atoms with E-state index in [2.05, 4.69) is 16.9 Å². The Bertz CT molecular complexity index is 567. The molecule has 0 aliphatic heterocycles. The van der Waals surface area contributed by atoms with Crippen molar-refractivity contribution in [3.63, 3.8) is 0 Å². The van der Waals surface area contributed by atoms with Crippen molar-refractivity contribution in [1.82, 2.24) is 9.97 Å². The molecule has 0 spiro atoms. The largest absolute Gasteiger partial charge is 0.496 e. The van der Waals surface area contributed by atoms with Crippen LogP contribution in [0.1, 0.15) is 16.8 Å². The van der Waals surface area contributed by atoms with Gasteiger partial charge in [0.1, 0.15) is 12.1 Å². The molecule has 2 N–H and O–H groups in total. The first-order chi connectivity index (χ1) is 8.67. The predicted molar refractivity (Wildman–Crippen MR) is 71.4 cm³/mol. The Morgan fingerprint density at radius 3 is 2.61 bits per heavy atom. The predicted octanol–water partition coefficient (Wildman–Crippen LogP) is 2.23. The van der Waals surface area contributed by atoms with E-state index in [1.54, 1.807) is 13.4 Å². The molecule has 4 heteroatoms. The molecule has 0 saturated heterocycles. The van der Waals surface area contributed by atoms with E-state index in [0.29, 0.717) is 6.54 Å². The third kappa shape index (κ3) is 2.19. The van der Waals surface area contributed by atoms with Crippen molar-refractivity contribution in [2.45, 2.75) is 20.4 Å². The standard InChI is InChI=1S/C14H17N3O/c1-9-10(2)14(18-3)5-4-12(9)13-6-11(7-15)16-8-17-13/h4-6,8H,7,15H2,1-3H3. The molecule has 2 aromatic rings. The van der Waals surface area contributed by atoms with Crippen molar-refractivity contribution in [1.29, 1.82) is 0 Å². The Labute approximate surface area is 107 Å². The van der Waals surface area contributed by atoms with Gasteiger partial charge < -0.3 is 10.5 Å². The van der Waals surface area contributed by atoms with E-state index in [1.165, 1.54) is 0 Å². The molecule has 0 atom stereocenters. The van der Waals surface area contributed by atoms with Crippen LogP contribution in [0.25, 0.3) is 11.3 Å². The number of rotatable bonds is 3. The molecule has 0 fully saturated rings. The lowest BCUT2D eigenvalue weighted by Crippen LogP contribution is -2.01. The second kappa shape index (κ2) is 5.14. The molecular formula is C14H17N3O. The van der Waals surface area contributed by atoms with Crippen LogP contribution in [0.2, 0.25) is 0 Å². The topological polar surface area (TPSA) is 61.0 Å². The molecule has 0 saturated carbocycles. The van der Waals surface area contributed by atoms with E-state index in [0.717, 1.165) is 33.8 Å². The van der Waals surface area contributed by atoms with Crippen molar-refractivity contribution in [3.8, 4) is 17.0 Å². The lowest BCUT2D eigenvalue weighted by molar-refractivity contribution is 0.411. The third-order valence-electron chi connectivity index (χ3n) is 3.17. The fourth-order valence-electron chi connectivity index (χ4n) is 1.95. The fraction of sp³-hybridized carbons (Fsp3) is 0.286. The molecule has 1 aromatic carbocycles. The lowest BCUT2D eigenvalue weighted by atomic mass is 9.99. The van der Waals surface area contributed by atoms with Gasteiger partial charge in [0, 0.05) is 12.1 Å². The molecule has 0 aliphatic carbocycles. The molecule has 0 bridgehead atoms. The molecular weight excluding hydrogens is 226 g/mol. The number of nitrogens with two attached hydrogens (primary N) is 1. The molecule has 0 radical (unpaired) electrons. The second-order valence-electron chi connectivity index (χ2n) is 4.16. The van der Waals surface area contributed by atoms with Crippen LogP contribution in [0, 0.1) is 13.8 Å². The maximum absolute atomic E-state index is 5.60. The van der Waals surface area contributed by atoms with Gasteiger partial charge in [-0.15, -0.1) is 0 Å². The van der Waals surface area contributed by atoms with Gasteiger partial charge in [0.2, 0.25) is 0 Å². The number of benzene rings is 1. The van der Waals surface area contributed by atoms with Crippen LogP contribution in [0.3, 0.4) is 0 Å². The minimum atomic E-state index is 0.420. The third-order valence-corrected chi connectivity index (χ3v) is 3.17. The highest BCUT2D eigenvalue weighted by molar-refractivity contribution is 5.67. The van der Waals surface area contributed by atoms with E-state index in [1.807, 2.05) is 25.1 Å². The molecule has 94 valence electrons. The summed E-state index contributed by atoms with van der Waals surface area (Å²) in [6.45, 7) is 4.53. The quantitative estimate of drug-likeness (QED) is 0.898. The first kappa shape index (κ1) is 12.5. The minimum Gasteiger partial charge on any atom is -0.496 e. The lowest BCUT2D eigenvalue weighted by Gasteiger charge is -2.12.